The Kier molecular flexibility index (Phi) is 6.03. The van der Waals surface area contributed by atoms with Crippen molar-refractivity contribution in [2.75, 3.05) is 5.73 Å². The molecule has 0 spiro atoms. The van der Waals surface area contributed by atoms with Crippen LogP contribution in [0.2, 0.25) is 0 Å². The minimum atomic E-state index is -4.49. The molecule has 36 heavy (non-hydrogen) atoms. The van der Waals surface area contributed by atoms with Crippen molar-refractivity contribution in [3.8, 4) is 0 Å². The second-order valence-electron chi connectivity index (χ2n) is 8.96. The van der Waals surface area contributed by atoms with Crippen LogP contribution < -0.4 is 5.73 Å². The zero-order valence-corrected chi connectivity index (χ0v) is 19.4. The highest BCUT2D eigenvalue weighted by Crippen LogP contribution is 2.44. The summed E-state index contributed by atoms with van der Waals surface area (Å²) in [6.07, 6.45) is 1.33. The van der Waals surface area contributed by atoms with Crippen molar-refractivity contribution in [1.82, 2.24) is 24.8 Å². The first-order valence-electron chi connectivity index (χ1n) is 11.5. The van der Waals surface area contributed by atoms with Crippen molar-refractivity contribution in [2.45, 2.75) is 38.5 Å². The minimum Gasteiger partial charge on any atom is -0.383 e. The number of hydrogen-bond donors (Lipinski definition) is 1. The average Bonchev–Trinajstić information content (AvgIpc) is 3.69. The van der Waals surface area contributed by atoms with E-state index in [-0.39, 0.29) is 18.4 Å². The van der Waals surface area contributed by atoms with Gasteiger partial charge in [-0.2, -0.15) is 13.2 Å². The van der Waals surface area contributed by atoms with E-state index in [1.165, 1.54) is 6.07 Å². The molecule has 184 valence electrons. The average molecular weight is 493 g/mol. The number of nitrogen functional groups attached to an aromatic ring is 1. The molecule has 0 bridgehead atoms. The number of benzene rings is 1. The van der Waals surface area contributed by atoms with E-state index in [1.807, 2.05) is 13.0 Å². The summed E-state index contributed by atoms with van der Waals surface area (Å²) in [6.45, 7) is 1.85. The Balaban J connectivity index is 1.55. The van der Waals surface area contributed by atoms with Gasteiger partial charge in [-0.05, 0) is 73.7 Å². The van der Waals surface area contributed by atoms with Crippen molar-refractivity contribution < 1.29 is 18.0 Å². The van der Waals surface area contributed by atoms with Gasteiger partial charge >= 0.3 is 6.18 Å². The molecule has 10 heteroatoms. The predicted molar refractivity (Wildman–Crippen MR) is 128 cm³/mol. The van der Waals surface area contributed by atoms with Crippen LogP contribution in [0.25, 0.3) is 10.9 Å². The standard InChI is InChI=1S/C26H23F3N6O/c1-15-11-18-12-17(5-8-21(18)34-23(15)30)25(36)35(14-20-7-6-19(13-33-20)26(27,28)29)22(16-3-4-16)24-31-9-2-10-32-24/h2,5-13,16,22H,3-4,14H2,1H3,(H2,30,34). The molecular weight excluding hydrogens is 469 g/mol. The van der Waals surface area contributed by atoms with Crippen molar-refractivity contribution in [3.63, 3.8) is 0 Å². The van der Waals surface area contributed by atoms with Crippen LogP contribution in [0, 0.1) is 12.8 Å². The van der Waals surface area contributed by atoms with E-state index in [1.54, 1.807) is 41.6 Å². The molecule has 7 nitrogen and oxygen atoms in total. The molecule has 4 aromatic rings. The number of aromatic nitrogens is 4. The second kappa shape index (κ2) is 9.18. The molecule has 0 saturated heterocycles. The SMILES string of the molecule is Cc1cc2cc(C(=O)N(Cc3ccc(C(F)(F)F)cn3)C(c3ncccn3)C3CC3)ccc2nc1N. The second-order valence-corrected chi connectivity index (χ2v) is 8.96. The van der Waals surface area contributed by atoms with Crippen molar-refractivity contribution in [2.24, 2.45) is 5.92 Å². The third-order valence-electron chi connectivity index (χ3n) is 6.29. The number of halogens is 3. The van der Waals surface area contributed by atoms with Gasteiger partial charge < -0.3 is 10.6 Å². The highest BCUT2D eigenvalue weighted by molar-refractivity contribution is 5.98. The van der Waals surface area contributed by atoms with Crippen molar-refractivity contribution >= 4 is 22.6 Å². The van der Waals surface area contributed by atoms with E-state index >= 15 is 0 Å². The van der Waals surface area contributed by atoms with Gasteiger partial charge in [0.15, 0.2) is 5.82 Å². The molecule has 2 N–H and O–H groups in total. The van der Waals surface area contributed by atoms with Crippen LogP contribution in [-0.4, -0.2) is 30.7 Å². The number of pyridine rings is 2. The number of nitrogens with two attached hydrogens (primary N) is 1. The van der Waals surface area contributed by atoms with Crippen LogP contribution in [-0.2, 0) is 12.7 Å². The largest absolute Gasteiger partial charge is 0.417 e. The summed E-state index contributed by atoms with van der Waals surface area (Å²) in [5.74, 6) is 0.769. The summed E-state index contributed by atoms with van der Waals surface area (Å²) in [4.78, 5) is 32.7. The lowest BCUT2D eigenvalue weighted by molar-refractivity contribution is -0.137. The van der Waals surface area contributed by atoms with Gasteiger partial charge in [-0.3, -0.25) is 9.78 Å². The number of hydrogen-bond acceptors (Lipinski definition) is 6. The molecule has 1 aliphatic carbocycles. The molecule has 1 saturated carbocycles. The maximum absolute atomic E-state index is 13.9. The first kappa shape index (κ1) is 23.7. The van der Waals surface area contributed by atoms with Gasteiger partial charge in [0.2, 0.25) is 0 Å². The molecule has 1 aromatic carbocycles. The molecule has 1 amide bonds. The van der Waals surface area contributed by atoms with E-state index in [0.29, 0.717) is 28.4 Å². The maximum Gasteiger partial charge on any atom is 0.417 e. The smallest absolute Gasteiger partial charge is 0.383 e. The van der Waals surface area contributed by atoms with Gasteiger partial charge in [0.1, 0.15) is 5.82 Å². The summed E-state index contributed by atoms with van der Waals surface area (Å²) < 4.78 is 39.1. The Bertz CT molecular complexity index is 1410. The van der Waals surface area contributed by atoms with Gasteiger partial charge in [-0.1, -0.05) is 0 Å². The summed E-state index contributed by atoms with van der Waals surface area (Å²) in [6, 6.07) is 10.6. The Hall–Kier alpha value is -4.08. The minimum absolute atomic E-state index is 0.00739. The summed E-state index contributed by atoms with van der Waals surface area (Å²) >= 11 is 0. The fourth-order valence-corrected chi connectivity index (χ4v) is 4.23. The number of amides is 1. The third-order valence-corrected chi connectivity index (χ3v) is 6.29. The van der Waals surface area contributed by atoms with Crippen LogP contribution in [0.1, 0.15) is 51.9 Å². The first-order valence-corrected chi connectivity index (χ1v) is 11.5. The molecule has 1 unspecified atom stereocenters. The normalized spacial score (nSPS) is 14.6. The molecule has 1 fully saturated rings. The molecule has 1 atom stereocenters. The lowest BCUT2D eigenvalue weighted by atomic mass is 10.0. The molecule has 5 rings (SSSR count). The number of fused-ring (bicyclic) bond motifs is 1. The number of carbonyl (C=O) groups excluding carboxylic acids is 1. The molecule has 3 aromatic heterocycles. The van der Waals surface area contributed by atoms with E-state index in [9.17, 15) is 18.0 Å². The Labute approximate surface area is 205 Å². The lowest BCUT2D eigenvalue weighted by Crippen LogP contribution is -2.37. The van der Waals surface area contributed by atoms with Gasteiger partial charge in [0, 0.05) is 29.5 Å². The van der Waals surface area contributed by atoms with Gasteiger partial charge in [0.05, 0.1) is 29.4 Å². The number of anilines is 1. The number of nitrogens with zero attached hydrogens (tertiary/aromatic N) is 5. The summed E-state index contributed by atoms with van der Waals surface area (Å²) in [5, 5.41) is 0.763. The van der Waals surface area contributed by atoms with Crippen LogP contribution in [0.3, 0.4) is 0 Å². The van der Waals surface area contributed by atoms with E-state index < -0.39 is 17.8 Å². The lowest BCUT2D eigenvalue weighted by Gasteiger charge is -2.31. The third kappa shape index (κ3) is 4.84. The monoisotopic (exact) mass is 492 g/mol. The molecule has 3 heterocycles. The Morgan fingerprint density at radius 3 is 2.50 bits per heavy atom. The molecule has 0 radical (unpaired) electrons. The van der Waals surface area contributed by atoms with Crippen molar-refractivity contribution in [1.29, 1.82) is 0 Å². The van der Waals surface area contributed by atoms with Crippen LogP contribution in [0.4, 0.5) is 19.0 Å². The van der Waals surface area contributed by atoms with Gasteiger partial charge in [-0.25, -0.2) is 15.0 Å². The highest BCUT2D eigenvalue weighted by Gasteiger charge is 2.41. The number of carbonyl (C=O) groups is 1. The van der Waals surface area contributed by atoms with Gasteiger partial charge in [-0.15, -0.1) is 0 Å². The van der Waals surface area contributed by atoms with Gasteiger partial charge in [0.25, 0.3) is 5.91 Å². The summed E-state index contributed by atoms with van der Waals surface area (Å²) in [7, 11) is 0. The van der Waals surface area contributed by atoms with Crippen LogP contribution in [0.15, 0.2) is 61.1 Å². The van der Waals surface area contributed by atoms with E-state index in [0.717, 1.165) is 36.1 Å². The Morgan fingerprint density at radius 1 is 1.11 bits per heavy atom. The molecule has 1 aliphatic rings. The van der Waals surface area contributed by atoms with Crippen LogP contribution >= 0.6 is 0 Å². The van der Waals surface area contributed by atoms with Crippen molar-refractivity contribution in [3.05, 3.63) is 89.3 Å². The van der Waals surface area contributed by atoms with Crippen LogP contribution in [0.5, 0.6) is 0 Å². The number of alkyl halides is 3. The quantitative estimate of drug-likeness (QED) is 0.401. The maximum atomic E-state index is 13.9. The summed E-state index contributed by atoms with van der Waals surface area (Å²) in [5.41, 5.74) is 7.30. The van der Waals surface area contributed by atoms with E-state index in [2.05, 4.69) is 19.9 Å². The topological polar surface area (TPSA) is 97.9 Å². The Morgan fingerprint density at radius 2 is 1.86 bits per heavy atom. The zero-order chi connectivity index (χ0) is 25.4. The molecule has 0 aliphatic heterocycles. The number of rotatable bonds is 6. The fourth-order valence-electron chi connectivity index (χ4n) is 4.23. The predicted octanol–water partition coefficient (Wildman–Crippen LogP) is 5.12. The highest BCUT2D eigenvalue weighted by atomic mass is 19.4. The number of aryl methyl sites for hydroxylation is 1. The molecular formula is C26H23F3N6O. The first-order chi connectivity index (χ1) is 17.2. The zero-order valence-electron chi connectivity index (χ0n) is 19.4. The fraction of sp³-hybridized carbons (Fsp3) is 0.269. The van der Waals surface area contributed by atoms with E-state index in [4.69, 9.17) is 5.73 Å².